The van der Waals surface area contributed by atoms with Gasteiger partial charge in [0.1, 0.15) is 0 Å². The van der Waals surface area contributed by atoms with Crippen molar-refractivity contribution in [1.29, 1.82) is 0 Å². The largest absolute Gasteiger partial charge is 0.229 e. The summed E-state index contributed by atoms with van der Waals surface area (Å²) in [4.78, 5) is 0. The van der Waals surface area contributed by atoms with Crippen molar-refractivity contribution in [3.8, 4) is 0 Å². The molecule has 1 aromatic carbocycles. The molecular formula is C9H11Cl2NO2S. The van der Waals surface area contributed by atoms with E-state index in [1.165, 1.54) is 0 Å². The Balaban J connectivity index is 2.61. The average molecular weight is 268 g/mol. The van der Waals surface area contributed by atoms with Crippen LogP contribution in [0.1, 0.15) is 17.4 Å². The van der Waals surface area contributed by atoms with Crippen LogP contribution >= 0.6 is 23.2 Å². The Morgan fingerprint density at radius 3 is 2.27 bits per heavy atom. The Hall–Kier alpha value is -0.290. The van der Waals surface area contributed by atoms with Crippen molar-refractivity contribution in [3.05, 3.63) is 34.9 Å². The van der Waals surface area contributed by atoms with Crippen LogP contribution in [0.25, 0.3) is 0 Å². The second-order valence-corrected chi connectivity index (χ2v) is 5.87. The summed E-state index contributed by atoms with van der Waals surface area (Å²) < 4.78 is 21.4. The van der Waals surface area contributed by atoms with Crippen LogP contribution in [0.2, 0.25) is 5.02 Å². The molecule has 1 aromatic rings. The summed E-state index contributed by atoms with van der Waals surface area (Å²) in [7, 11) is -3.45. The molecule has 0 aliphatic rings. The van der Waals surface area contributed by atoms with E-state index in [0.29, 0.717) is 11.4 Å². The molecule has 0 aliphatic heterocycles. The van der Waals surface area contributed by atoms with Gasteiger partial charge in [0.25, 0.3) is 0 Å². The number of primary sulfonamides is 1. The van der Waals surface area contributed by atoms with E-state index in [-0.39, 0.29) is 11.1 Å². The van der Waals surface area contributed by atoms with E-state index >= 15 is 0 Å². The number of halogens is 2. The molecule has 0 radical (unpaired) electrons. The van der Waals surface area contributed by atoms with Crippen LogP contribution in [0.5, 0.6) is 0 Å². The highest BCUT2D eigenvalue weighted by molar-refractivity contribution is 7.89. The van der Waals surface area contributed by atoms with Crippen LogP contribution < -0.4 is 5.14 Å². The van der Waals surface area contributed by atoms with Gasteiger partial charge < -0.3 is 0 Å². The molecule has 0 bridgehead atoms. The summed E-state index contributed by atoms with van der Waals surface area (Å²) in [5.41, 5.74) is 0.838. The molecule has 0 aliphatic carbocycles. The van der Waals surface area contributed by atoms with Crippen molar-refractivity contribution in [3.63, 3.8) is 0 Å². The normalized spacial score (nSPS) is 13.8. The van der Waals surface area contributed by atoms with Gasteiger partial charge in [0, 0.05) is 5.02 Å². The van der Waals surface area contributed by atoms with E-state index in [0.717, 1.165) is 5.56 Å². The third-order valence-corrected chi connectivity index (χ3v) is 3.41. The number of alkyl halides is 1. The predicted octanol–water partition coefficient (Wildman–Crippen LogP) is 2.30. The molecule has 15 heavy (non-hydrogen) atoms. The first-order valence-electron chi connectivity index (χ1n) is 4.28. The van der Waals surface area contributed by atoms with Crippen molar-refractivity contribution >= 4 is 33.2 Å². The van der Waals surface area contributed by atoms with Gasteiger partial charge in [-0.15, -0.1) is 11.6 Å². The number of rotatable bonds is 4. The maximum atomic E-state index is 10.7. The Labute approximate surface area is 99.2 Å². The fourth-order valence-electron chi connectivity index (χ4n) is 1.11. The highest BCUT2D eigenvalue weighted by Crippen LogP contribution is 2.25. The quantitative estimate of drug-likeness (QED) is 0.852. The van der Waals surface area contributed by atoms with Crippen molar-refractivity contribution in [2.24, 2.45) is 5.14 Å². The number of benzene rings is 1. The lowest BCUT2D eigenvalue weighted by atomic mass is 10.1. The standard InChI is InChI=1S/C9H11Cl2NO2S/c10-8-3-1-7(2-4-8)9(11)5-6-15(12,13)14/h1-4,9H,5-6H2,(H2,12,13,14). The summed E-state index contributed by atoms with van der Waals surface area (Å²) in [5.74, 6) is -0.121. The molecule has 2 N–H and O–H groups in total. The van der Waals surface area contributed by atoms with E-state index in [9.17, 15) is 8.42 Å². The lowest BCUT2D eigenvalue weighted by Crippen LogP contribution is -2.17. The van der Waals surface area contributed by atoms with Gasteiger partial charge in [-0.1, -0.05) is 23.7 Å². The van der Waals surface area contributed by atoms with E-state index in [1.54, 1.807) is 24.3 Å². The van der Waals surface area contributed by atoms with Gasteiger partial charge in [0.05, 0.1) is 11.1 Å². The number of nitrogens with two attached hydrogens (primary N) is 1. The minimum atomic E-state index is -3.45. The maximum Gasteiger partial charge on any atom is 0.209 e. The van der Waals surface area contributed by atoms with Crippen LogP contribution in [0.15, 0.2) is 24.3 Å². The summed E-state index contributed by atoms with van der Waals surface area (Å²) >= 11 is 11.7. The van der Waals surface area contributed by atoms with Gasteiger partial charge in [0.15, 0.2) is 0 Å². The zero-order valence-corrected chi connectivity index (χ0v) is 10.2. The second kappa shape index (κ2) is 5.16. The van der Waals surface area contributed by atoms with Crippen LogP contribution in [-0.4, -0.2) is 14.2 Å². The monoisotopic (exact) mass is 267 g/mol. The van der Waals surface area contributed by atoms with Gasteiger partial charge >= 0.3 is 0 Å². The number of hydrogen-bond acceptors (Lipinski definition) is 2. The molecule has 0 saturated carbocycles. The molecule has 0 heterocycles. The lowest BCUT2D eigenvalue weighted by molar-refractivity contribution is 0.594. The van der Waals surface area contributed by atoms with E-state index in [2.05, 4.69) is 0 Å². The third kappa shape index (κ3) is 4.84. The molecular weight excluding hydrogens is 257 g/mol. The highest BCUT2D eigenvalue weighted by Gasteiger charge is 2.11. The van der Waals surface area contributed by atoms with Gasteiger partial charge in [-0.25, -0.2) is 13.6 Å². The zero-order valence-electron chi connectivity index (χ0n) is 7.86. The minimum absolute atomic E-state index is 0.121. The van der Waals surface area contributed by atoms with Crippen molar-refractivity contribution in [2.45, 2.75) is 11.8 Å². The molecule has 84 valence electrons. The summed E-state index contributed by atoms with van der Waals surface area (Å²) in [5, 5.41) is 5.14. The van der Waals surface area contributed by atoms with E-state index in [4.69, 9.17) is 28.3 Å². The molecule has 0 aromatic heterocycles. The predicted molar refractivity (Wildman–Crippen MR) is 62.6 cm³/mol. The zero-order chi connectivity index (χ0) is 11.5. The average Bonchev–Trinajstić information content (AvgIpc) is 2.14. The molecule has 1 atom stereocenters. The van der Waals surface area contributed by atoms with E-state index in [1.807, 2.05) is 0 Å². The number of sulfonamides is 1. The molecule has 3 nitrogen and oxygen atoms in total. The molecule has 0 spiro atoms. The van der Waals surface area contributed by atoms with Gasteiger partial charge in [-0.2, -0.15) is 0 Å². The van der Waals surface area contributed by atoms with Crippen LogP contribution in [0.3, 0.4) is 0 Å². The first kappa shape index (κ1) is 12.8. The first-order valence-corrected chi connectivity index (χ1v) is 6.81. The summed E-state index contributed by atoms with van der Waals surface area (Å²) in [6, 6.07) is 6.96. The third-order valence-electron chi connectivity index (χ3n) is 1.89. The molecule has 0 fully saturated rings. The fourth-order valence-corrected chi connectivity index (χ4v) is 2.18. The smallest absolute Gasteiger partial charge is 0.209 e. The highest BCUT2D eigenvalue weighted by atomic mass is 35.5. The summed E-state index contributed by atoms with van der Waals surface area (Å²) in [6.07, 6.45) is 0.294. The molecule has 0 saturated heterocycles. The molecule has 0 amide bonds. The molecule has 6 heteroatoms. The molecule has 1 unspecified atom stereocenters. The fraction of sp³-hybridized carbons (Fsp3) is 0.333. The topological polar surface area (TPSA) is 60.2 Å². The van der Waals surface area contributed by atoms with E-state index < -0.39 is 10.0 Å². The van der Waals surface area contributed by atoms with Gasteiger partial charge in [-0.3, -0.25) is 0 Å². The Morgan fingerprint density at radius 1 is 1.27 bits per heavy atom. The van der Waals surface area contributed by atoms with Gasteiger partial charge in [0.2, 0.25) is 10.0 Å². The van der Waals surface area contributed by atoms with Gasteiger partial charge in [-0.05, 0) is 24.1 Å². The van der Waals surface area contributed by atoms with Crippen molar-refractivity contribution < 1.29 is 8.42 Å². The van der Waals surface area contributed by atoms with Crippen LogP contribution in [-0.2, 0) is 10.0 Å². The SMILES string of the molecule is NS(=O)(=O)CCC(Cl)c1ccc(Cl)cc1. The maximum absolute atomic E-state index is 10.7. The Bertz CT molecular complexity index is 416. The lowest BCUT2D eigenvalue weighted by Gasteiger charge is -2.08. The van der Waals surface area contributed by atoms with Crippen molar-refractivity contribution in [1.82, 2.24) is 0 Å². The Kier molecular flexibility index (Phi) is 4.40. The Morgan fingerprint density at radius 2 is 1.80 bits per heavy atom. The summed E-state index contributed by atoms with van der Waals surface area (Å²) in [6.45, 7) is 0. The van der Waals surface area contributed by atoms with Crippen LogP contribution in [0, 0.1) is 0 Å². The first-order chi connectivity index (χ1) is 6.88. The molecule has 1 rings (SSSR count). The number of hydrogen-bond donors (Lipinski definition) is 1. The van der Waals surface area contributed by atoms with Crippen molar-refractivity contribution in [2.75, 3.05) is 5.75 Å². The minimum Gasteiger partial charge on any atom is -0.229 e. The van der Waals surface area contributed by atoms with Crippen LogP contribution in [0.4, 0.5) is 0 Å². The second-order valence-electron chi connectivity index (χ2n) is 3.17.